The van der Waals surface area contributed by atoms with E-state index in [1.165, 1.54) is 0 Å². The SMILES string of the molecule is OC=Cc1cccc(-n2nc3ccccc3n2)c1. The topological polar surface area (TPSA) is 50.9 Å². The van der Waals surface area contributed by atoms with E-state index < -0.39 is 0 Å². The first-order valence-corrected chi connectivity index (χ1v) is 5.60. The third-order valence-corrected chi connectivity index (χ3v) is 2.65. The first-order chi connectivity index (χ1) is 8.86. The Labute approximate surface area is 104 Å². The maximum Gasteiger partial charge on any atom is 0.113 e. The molecule has 0 amide bonds. The summed E-state index contributed by atoms with van der Waals surface area (Å²) >= 11 is 0. The van der Waals surface area contributed by atoms with Crippen LogP contribution in [-0.4, -0.2) is 20.1 Å². The van der Waals surface area contributed by atoms with Crippen molar-refractivity contribution < 1.29 is 5.11 Å². The van der Waals surface area contributed by atoms with Crippen LogP contribution in [0.15, 0.2) is 54.8 Å². The van der Waals surface area contributed by atoms with Crippen LogP contribution >= 0.6 is 0 Å². The zero-order chi connectivity index (χ0) is 12.4. The highest BCUT2D eigenvalue weighted by Crippen LogP contribution is 2.13. The fraction of sp³-hybridized carbons (Fsp3) is 0. The Balaban J connectivity index is 2.10. The van der Waals surface area contributed by atoms with E-state index in [2.05, 4.69) is 10.2 Å². The molecule has 0 radical (unpaired) electrons. The molecule has 4 heteroatoms. The van der Waals surface area contributed by atoms with Gasteiger partial charge >= 0.3 is 0 Å². The molecular formula is C14H11N3O. The summed E-state index contributed by atoms with van der Waals surface area (Å²) in [6, 6.07) is 15.4. The van der Waals surface area contributed by atoms with E-state index in [9.17, 15) is 0 Å². The quantitative estimate of drug-likeness (QED) is 0.697. The lowest BCUT2D eigenvalue weighted by Crippen LogP contribution is -1.98. The van der Waals surface area contributed by atoms with Crippen molar-refractivity contribution >= 4 is 17.1 Å². The molecule has 18 heavy (non-hydrogen) atoms. The van der Waals surface area contributed by atoms with Crippen molar-refractivity contribution in [2.45, 2.75) is 0 Å². The van der Waals surface area contributed by atoms with Crippen LogP contribution in [0.1, 0.15) is 5.56 Å². The second-order valence-corrected chi connectivity index (χ2v) is 3.89. The molecular weight excluding hydrogens is 226 g/mol. The highest BCUT2D eigenvalue weighted by Gasteiger charge is 2.03. The molecule has 0 saturated carbocycles. The second kappa shape index (κ2) is 4.33. The predicted octanol–water partition coefficient (Wildman–Crippen LogP) is 2.95. The molecule has 1 heterocycles. The highest BCUT2D eigenvalue weighted by atomic mass is 16.2. The van der Waals surface area contributed by atoms with E-state index in [0.29, 0.717) is 0 Å². The lowest BCUT2D eigenvalue weighted by molar-refractivity contribution is 0.478. The van der Waals surface area contributed by atoms with Gasteiger partial charge in [-0.05, 0) is 35.9 Å². The third-order valence-electron chi connectivity index (χ3n) is 2.65. The van der Waals surface area contributed by atoms with Crippen molar-refractivity contribution in [2.24, 2.45) is 0 Å². The maximum absolute atomic E-state index is 8.78. The molecule has 88 valence electrons. The molecule has 1 N–H and O–H groups in total. The molecule has 4 nitrogen and oxygen atoms in total. The molecule has 0 aliphatic carbocycles. The summed E-state index contributed by atoms with van der Waals surface area (Å²) in [6.45, 7) is 0. The number of fused-ring (bicyclic) bond motifs is 1. The van der Waals surface area contributed by atoms with Crippen LogP contribution in [0, 0.1) is 0 Å². The van der Waals surface area contributed by atoms with E-state index in [-0.39, 0.29) is 0 Å². The Kier molecular flexibility index (Phi) is 2.53. The number of rotatable bonds is 2. The maximum atomic E-state index is 8.78. The van der Waals surface area contributed by atoms with Gasteiger partial charge < -0.3 is 5.11 Å². The fourth-order valence-electron chi connectivity index (χ4n) is 1.81. The van der Waals surface area contributed by atoms with Crippen molar-refractivity contribution in [3.8, 4) is 5.69 Å². The lowest BCUT2D eigenvalue weighted by atomic mass is 10.2. The summed E-state index contributed by atoms with van der Waals surface area (Å²) in [7, 11) is 0. The van der Waals surface area contributed by atoms with Gasteiger partial charge in [-0.1, -0.05) is 24.3 Å². The van der Waals surface area contributed by atoms with Crippen molar-refractivity contribution in [1.29, 1.82) is 0 Å². The molecule has 0 fully saturated rings. The predicted molar refractivity (Wildman–Crippen MR) is 70.5 cm³/mol. The molecule has 0 saturated heterocycles. The number of benzene rings is 2. The van der Waals surface area contributed by atoms with Crippen LogP contribution in [-0.2, 0) is 0 Å². The number of hydrogen-bond donors (Lipinski definition) is 1. The number of aliphatic hydroxyl groups excluding tert-OH is 1. The highest BCUT2D eigenvalue weighted by molar-refractivity contribution is 5.73. The Morgan fingerprint density at radius 3 is 2.33 bits per heavy atom. The van der Waals surface area contributed by atoms with Gasteiger partial charge in [0, 0.05) is 0 Å². The molecule has 3 rings (SSSR count). The first-order valence-electron chi connectivity index (χ1n) is 5.60. The molecule has 0 atom stereocenters. The second-order valence-electron chi connectivity index (χ2n) is 3.89. The van der Waals surface area contributed by atoms with Gasteiger partial charge in [-0.25, -0.2) is 0 Å². The minimum Gasteiger partial charge on any atom is -0.516 e. The smallest absolute Gasteiger partial charge is 0.113 e. The normalized spacial score (nSPS) is 11.3. The van der Waals surface area contributed by atoms with Gasteiger partial charge in [-0.3, -0.25) is 0 Å². The van der Waals surface area contributed by atoms with Crippen molar-refractivity contribution in [3.05, 3.63) is 60.4 Å². The molecule has 0 spiro atoms. The standard InChI is InChI=1S/C14H11N3O/c18-9-8-11-4-3-5-12(10-11)17-15-13-6-1-2-7-14(13)16-17/h1-10,18H. The van der Waals surface area contributed by atoms with Gasteiger partial charge in [0.25, 0.3) is 0 Å². The van der Waals surface area contributed by atoms with E-state index in [1.807, 2.05) is 48.5 Å². The summed E-state index contributed by atoms with van der Waals surface area (Å²) in [5, 5.41) is 17.6. The molecule has 0 aliphatic rings. The molecule has 1 aromatic heterocycles. The van der Waals surface area contributed by atoms with Crippen LogP contribution in [0.4, 0.5) is 0 Å². The van der Waals surface area contributed by atoms with Gasteiger partial charge in [0.2, 0.25) is 0 Å². The van der Waals surface area contributed by atoms with Crippen LogP contribution in [0.5, 0.6) is 0 Å². The number of hydrogen-bond acceptors (Lipinski definition) is 3. The summed E-state index contributed by atoms with van der Waals surface area (Å²) in [5.74, 6) is 0. The van der Waals surface area contributed by atoms with E-state index in [1.54, 1.807) is 10.9 Å². The molecule has 0 bridgehead atoms. The Bertz CT molecular complexity index is 683. The number of aromatic nitrogens is 3. The van der Waals surface area contributed by atoms with E-state index >= 15 is 0 Å². The third kappa shape index (κ3) is 1.84. The van der Waals surface area contributed by atoms with Crippen LogP contribution < -0.4 is 0 Å². The number of nitrogens with zero attached hydrogens (tertiary/aromatic N) is 3. The van der Waals surface area contributed by atoms with Gasteiger partial charge in [0.05, 0.1) is 11.9 Å². The largest absolute Gasteiger partial charge is 0.516 e. The average molecular weight is 237 g/mol. The van der Waals surface area contributed by atoms with Crippen LogP contribution in [0.3, 0.4) is 0 Å². The van der Waals surface area contributed by atoms with Crippen LogP contribution in [0.2, 0.25) is 0 Å². The van der Waals surface area contributed by atoms with Crippen molar-refractivity contribution in [2.75, 3.05) is 0 Å². The monoisotopic (exact) mass is 237 g/mol. The van der Waals surface area contributed by atoms with Crippen molar-refractivity contribution in [1.82, 2.24) is 15.0 Å². The molecule has 0 unspecified atom stereocenters. The van der Waals surface area contributed by atoms with Crippen molar-refractivity contribution in [3.63, 3.8) is 0 Å². The van der Waals surface area contributed by atoms with Gasteiger partial charge in [0.15, 0.2) is 0 Å². The zero-order valence-corrected chi connectivity index (χ0v) is 9.56. The summed E-state index contributed by atoms with van der Waals surface area (Å²) in [4.78, 5) is 1.60. The first kappa shape index (κ1) is 10.5. The molecule has 2 aromatic carbocycles. The zero-order valence-electron chi connectivity index (χ0n) is 9.56. The Hall–Kier alpha value is -2.62. The van der Waals surface area contributed by atoms with Gasteiger partial charge in [0.1, 0.15) is 11.0 Å². The minimum atomic E-state index is 0.862. The summed E-state index contributed by atoms with van der Waals surface area (Å²) in [6.07, 6.45) is 2.64. The molecule has 0 aliphatic heterocycles. The average Bonchev–Trinajstić information content (AvgIpc) is 2.83. The van der Waals surface area contributed by atoms with Gasteiger partial charge in [-0.2, -0.15) is 4.80 Å². The van der Waals surface area contributed by atoms with Crippen LogP contribution in [0.25, 0.3) is 22.8 Å². The van der Waals surface area contributed by atoms with E-state index in [0.717, 1.165) is 28.5 Å². The van der Waals surface area contributed by atoms with E-state index in [4.69, 9.17) is 5.11 Å². The summed E-state index contributed by atoms with van der Waals surface area (Å²) in [5.41, 5.74) is 3.49. The fourth-order valence-corrected chi connectivity index (χ4v) is 1.81. The minimum absolute atomic E-state index is 0.862. The Morgan fingerprint density at radius 1 is 0.944 bits per heavy atom. The van der Waals surface area contributed by atoms with Gasteiger partial charge in [-0.15, -0.1) is 10.2 Å². The summed E-state index contributed by atoms with van der Waals surface area (Å²) < 4.78 is 0. The lowest BCUT2D eigenvalue weighted by Gasteiger charge is -2.00. The number of aliphatic hydroxyl groups is 1. The molecule has 3 aromatic rings. The Morgan fingerprint density at radius 2 is 1.67 bits per heavy atom.